The summed E-state index contributed by atoms with van der Waals surface area (Å²) in [4.78, 5) is 37.8. The minimum absolute atomic E-state index is 0.0795. The molecule has 2 aromatic rings. The highest BCUT2D eigenvalue weighted by Crippen LogP contribution is 2.35. The van der Waals surface area contributed by atoms with E-state index in [1.54, 1.807) is 6.92 Å². The van der Waals surface area contributed by atoms with Gasteiger partial charge in [-0.1, -0.05) is 0 Å². The average Bonchev–Trinajstić information content (AvgIpc) is 2.79. The summed E-state index contributed by atoms with van der Waals surface area (Å²) in [6.45, 7) is 2.67. The van der Waals surface area contributed by atoms with Crippen LogP contribution >= 0.6 is 0 Å². The van der Waals surface area contributed by atoms with Crippen molar-refractivity contribution in [3.8, 4) is 11.5 Å². The van der Waals surface area contributed by atoms with Gasteiger partial charge in [-0.3, -0.25) is 19.7 Å². The lowest BCUT2D eigenvalue weighted by molar-refractivity contribution is -0.385. The third-order valence-electron chi connectivity index (χ3n) is 5.23. The van der Waals surface area contributed by atoms with Gasteiger partial charge in [0.25, 0.3) is 17.5 Å². The molecule has 1 saturated heterocycles. The quantitative estimate of drug-likeness (QED) is 0.518. The highest BCUT2D eigenvalue weighted by Gasteiger charge is 2.31. The zero-order chi connectivity index (χ0) is 23.3. The molecule has 1 N–H and O–H groups in total. The molecule has 1 heterocycles. The maximum atomic E-state index is 13.0. The van der Waals surface area contributed by atoms with E-state index in [2.05, 4.69) is 5.32 Å². The van der Waals surface area contributed by atoms with Crippen molar-refractivity contribution in [1.29, 1.82) is 0 Å². The number of ether oxygens (including phenoxy) is 2. The number of nitrogens with zero attached hydrogens (tertiary/aromatic N) is 2. The van der Waals surface area contributed by atoms with Crippen molar-refractivity contribution in [3.05, 3.63) is 63.5 Å². The van der Waals surface area contributed by atoms with Crippen LogP contribution in [0.5, 0.6) is 11.5 Å². The number of piperidine rings is 1. The van der Waals surface area contributed by atoms with E-state index in [0.29, 0.717) is 31.5 Å². The SMILES string of the molecule is CCOc1cc([N+](=O)[O-])c(C(=O)N2CCC(NC(=O)c3ccc(F)cc3)CC2)cc1OC. The van der Waals surface area contributed by atoms with Crippen LogP contribution in [0.15, 0.2) is 36.4 Å². The summed E-state index contributed by atoms with van der Waals surface area (Å²) in [6, 6.07) is 7.60. The van der Waals surface area contributed by atoms with Crippen molar-refractivity contribution in [2.75, 3.05) is 26.8 Å². The molecule has 170 valence electrons. The molecule has 0 radical (unpaired) electrons. The number of carbonyl (C=O) groups is 2. The third-order valence-corrected chi connectivity index (χ3v) is 5.23. The Hall–Kier alpha value is -3.69. The summed E-state index contributed by atoms with van der Waals surface area (Å²) in [5.74, 6) is -0.792. The van der Waals surface area contributed by atoms with Gasteiger partial charge in [0.05, 0.1) is 24.7 Å². The minimum Gasteiger partial charge on any atom is -0.493 e. The number of likely N-dealkylation sites (tertiary alicyclic amines) is 1. The number of nitrogens with one attached hydrogen (secondary N) is 1. The molecule has 3 rings (SSSR count). The number of methoxy groups -OCH3 is 1. The topological polar surface area (TPSA) is 111 Å². The summed E-state index contributed by atoms with van der Waals surface area (Å²) in [7, 11) is 1.40. The van der Waals surface area contributed by atoms with Gasteiger partial charge in [0.1, 0.15) is 11.4 Å². The maximum absolute atomic E-state index is 13.0. The van der Waals surface area contributed by atoms with Crippen LogP contribution in [0.25, 0.3) is 0 Å². The number of hydrogen-bond acceptors (Lipinski definition) is 6. The summed E-state index contributed by atoms with van der Waals surface area (Å²) in [5, 5.41) is 14.4. The second kappa shape index (κ2) is 10.1. The second-order valence-electron chi connectivity index (χ2n) is 7.26. The molecule has 0 aliphatic carbocycles. The zero-order valence-electron chi connectivity index (χ0n) is 17.8. The Morgan fingerprint density at radius 3 is 2.41 bits per heavy atom. The van der Waals surface area contributed by atoms with Crippen LogP contribution in [-0.4, -0.2) is 54.5 Å². The molecule has 1 aliphatic rings. The first kappa shape index (κ1) is 23.0. The predicted molar refractivity (Wildman–Crippen MR) is 114 cm³/mol. The Bertz CT molecular complexity index is 1000. The molecule has 0 saturated carbocycles. The van der Waals surface area contributed by atoms with Gasteiger partial charge >= 0.3 is 0 Å². The molecule has 2 aromatic carbocycles. The maximum Gasteiger partial charge on any atom is 0.286 e. The van der Waals surface area contributed by atoms with Crippen molar-refractivity contribution >= 4 is 17.5 Å². The molecular formula is C22H24FN3O6. The fraction of sp³-hybridized carbons (Fsp3) is 0.364. The van der Waals surface area contributed by atoms with Crippen LogP contribution in [0.1, 0.15) is 40.5 Å². The number of halogens is 1. The van der Waals surface area contributed by atoms with E-state index in [0.717, 1.165) is 0 Å². The summed E-state index contributed by atoms with van der Waals surface area (Å²) in [5.41, 5.74) is -0.0860. The van der Waals surface area contributed by atoms with Crippen LogP contribution in [0.3, 0.4) is 0 Å². The van der Waals surface area contributed by atoms with Gasteiger partial charge in [-0.05, 0) is 44.0 Å². The van der Waals surface area contributed by atoms with Crippen LogP contribution in [-0.2, 0) is 0 Å². The number of amides is 2. The van der Waals surface area contributed by atoms with Gasteiger partial charge in [-0.2, -0.15) is 0 Å². The van der Waals surface area contributed by atoms with Crippen LogP contribution < -0.4 is 14.8 Å². The lowest BCUT2D eigenvalue weighted by Gasteiger charge is -2.32. The van der Waals surface area contributed by atoms with Gasteiger partial charge in [0, 0.05) is 30.8 Å². The smallest absolute Gasteiger partial charge is 0.286 e. The highest BCUT2D eigenvalue weighted by molar-refractivity contribution is 5.99. The molecule has 2 amide bonds. The molecule has 1 aliphatic heterocycles. The molecule has 9 nitrogen and oxygen atoms in total. The summed E-state index contributed by atoms with van der Waals surface area (Å²) in [6.07, 6.45) is 0.973. The fourth-order valence-corrected chi connectivity index (χ4v) is 3.57. The Morgan fingerprint density at radius 1 is 1.19 bits per heavy atom. The molecular weight excluding hydrogens is 421 g/mol. The number of nitro benzene ring substituents is 1. The number of carbonyl (C=O) groups excluding carboxylic acids is 2. The van der Waals surface area contributed by atoms with E-state index in [1.807, 2.05) is 0 Å². The molecule has 0 bridgehead atoms. The predicted octanol–water partition coefficient (Wildman–Crippen LogP) is 3.18. The monoisotopic (exact) mass is 445 g/mol. The van der Waals surface area contributed by atoms with Crippen LogP contribution in [0, 0.1) is 15.9 Å². The number of rotatable bonds is 7. The van der Waals surface area contributed by atoms with Crippen molar-refractivity contribution < 1.29 is 28.4 Å². The van der Waals surface area contributed by atoms with E-state index in [1.165, 1.54) is 48.4 Å². The number of nitro groups is 1. The van der Waals surface area contributed by atoms with Gasteiger partial charge in [0.2, 0.25) is 0 Å². The molecule has 32 heavy (non-hydrogen) atoms. The van der Waals surface area contributed by atoms with E-state index >= 15 is 0 Å². The molecule has 0 aromatic heterocycles. The fourth-order valence-electron chi connectivity index (χ4n) is 3.57. The first-order valence-corrected chi connectivity index (χ1v) is 10.2. The van der Waals surface area contributed by atoms with E-state index in [-0.39, 0.29) is 41.3 Å². The Labute approximate surface area is 184 Å². The van der Waals surface area contributed by atoms with Crippen molar-refractivity contribution in [3.63, 3.8) is 0 Å². The minimum atomic E-state index is -0.620. The third kappa shape index (κ3) is 5.13. The highest BCUT2D eigenvalue weighted by atomic mass is 19.1. The van der Waals surface area contributed by atoms with Gasteiger partial charge in [-0.25, -0.2) is 4.39 Å². The average molecular weight is 445 g/mol. The van der Waals surface area contributed by atoms with Crippen LogP contribution in [0.4, 0.5) is 10.1 Å². The lowest BCUT2D eigenvalue weighted by Crippen LogP contribution is -2.46. The molecule has 0 atom stereocenters. The van der Waals surface area contributed by atoms with E-state index < -0.39 is 16.6 Å². The summed E-state index contributed by atoms with van der Waals surface area (Å²) >= 11 is 0. The lowest BCUT2D eigenvalue weighted by atomic mass is 10.0. The van der Waals surface area contributed by atoms with Crippen molar-refractivity contribution in [2.45, 2.75) is 25.8 Å². The van der Waals surface area contributed by atoms with Crippen molar-refractivity contribution in [1.82, 2.24) is 10.2 Å². The Kier molecular flexibility index (Phi) is 7.24. The molecule has 10 heteroatoms. The largest absolute Gasteiger partial charge is 0.493 e. The van der Waals surface area contributed by atoms with Crippen molar-refractivity contribution in [2.24, 2.45) is 0 Å². The van der Waals surface area contributed by atoms with Gasteiger partial charge in [0.15, 0.2) is 11.5 Å². The molecule has 1 fully saturated rings. The standard InChI is InChI=1S/C22H24FN3O6/c1-3-32-20-13-18(26(29)30)17(12-19(20)31-2)22(28)25-10-8-16(9-11-25)24-21(27)14-4-6-15(23)7-5-14/h4-7,12-13,16H,3,8-11H2,1-2H3,(H,24,27). The van der Waals surface area contributed by atoms with E-state index in [4.69, 9.17) is 9.47 Å². The Balaban J connectivity index is 1.69. The number of hydrogen-bond donors (Lipinski definition) is 1. The van der Waals surface area contributed by atoms with E-state index in [9.17, 15) is 24.1 Å². The molecule has 0 spiro atoms. The van der Waals surface area contributed by atoms with Crippen LogP contribution in [0.2, 0.25) is 0 Å². The Morgan fingerprint density at radius 2 is 1.84 bits per heavy atom. The number of benzene rings is 2. The second-order valence-corrected chi connectivity index (χ2v) is 7.26. The first-order chi connectivity index (χ1) is 15.3. The normalized spacial score (nSPS) is 14.0. The van der Waals surface area contributed by atoms with Gasteiger partial charge < -0.3 is 19.7 Å². The molecule has 0 unspecified atom stereocenters. The van der Waals surface area contributed by atoms with Gasteiger partial charge in [-0.15, -0.1) is 0 Å². The summed E-state index contributed by atoms with van der Waals surface area (Å²) < 4.78 is 23.6. The zero-order valence-corrected chi connectivity index (χ0v) is 17.8. The first-order valence-electron chi connectivity index (χ1n) is 10.2.